The molecule has 1 heterocycles. The summed E-state index contributed by atoms with van der Waals surface area (Å²) in [4.78, 5) is 8.70. The first-order valence-corrected chi connectivity index (χ1v) is 5.07. The standard InChI is InChI=1S/C9H10Cl2N2O/c10-7-3-8(11)13-4-6(7)9(1-2-9)5-14-12/h3-4H,1-2,5,12H2. The highest BCUT2D eigenvalue weighted by Crippen LogP contribution is 2.50. The van der Waals surface area contributed by atoms with Gasteiger partial charge in [-0.3, -0.25) is 0 Å². The number of pyridine rings is 1. The predicted molar refractivity (Wildman–Crippen MR) is 55.3 cm³/mol. The molecule has 1 fully saturated rings. The van der Waals surface area contributed by atoms with Crippen LogP contribution in [-0.4, -0.2) is 11.6 Å². The van der Waals surface area contributed by atoms with Gasteiger partial charge in [-0.05, 0) is 24.5 Å². The molecule has 0 bridgehead atoms. The van der Waals surface area contributed by atoms with Crippen LogP contribution in [0.25, 0.3) is 0 Å². The van der Waals surface area contributed by atoms with E-state index in [9.17, 15) is 0 Å². The van der Waals surface area contributed by atoms with Crippen LogP contribution in [0.15, 0.2) is 12.3 Å². The normalized spacial score (nSPS) is 18.2. The molecular formula is C9H10Cl2N2O. The maximum absolute atomic E-state index is 6.07. The van der Waals surface area contributed by atoms with Gasteiger partial charge in [0, 0.05) is 16.6 Å². The number of nitrogens with two attached hydrogens (primary N) is 1. The topological polar surface area (TPSA) is 48.1 Å². The summed E-state index contributed by atoms with van der Waals surface area (Å²) in [6.45, 7) is 0.482. The van der Waals surface area contributed by atoms with Crippen LogP contribution >= 0.6 is 23.2 Å². The van der Waals surface area contributed by atoms with Crippen molar-refractivity contribution in [1.82, 2.24) is 4.98 Å². The van der Waals surface area contributed by atoms with Crippen molar-refractivity contribution in [3.8, 4) is 0 Å². The molecule has 0 aliphatic heterocycles. The summed E-state index contributed by atoms with van der Waals surface area (Å²) in [5.41, 5.74) is 0.956. The van der Waals surface area contributed by atoms with Crippen LogP contribution in [-0.2, 0) is 10.3 Å². The van der Waals surface area contributed by atoms with Crippen molar-refractivity contribution >= 4 is 23.2 Å². The first-order chi connectivity index (χ1) is 6.68. The minimum absolute atomic E-state index is 0.0244. The molecule has 14 heavy (non-hydrogen) atoms. The third-order valence-corrected chi connectivity index (χ3v) is 3.12. The van der Waals surface area contributed by atoms with E-state index < -0.39 is 0 Å². The summed E-state index contributed by atoms with van der Waals surface area (Å²) in [5.74, 6) is 5.08. The molecule has 0 saturated heterocycles. The number of halogens is 2. The molecule has 1 aliphatic rings. The molecule has 1 aromatic rings. The molecule has 1 aromatic heterocycles. The second-order valence-corrected chi connectivity index (χ2v) is 4.37. The van der Waals surface area contributed by atoms with Gasteiger partial charge in [0.15, 0.2) is 0 Å². The Morgan fingerprint density at radius 3 is 2.71 bits per heavy atom. The summed E-state index contributed by atoms with van der Waals surface area (Å²) in [6, 6.07) is 1.65. The average molecular weight is 233 g/mol. The minimum Gasteiger partial charge on any atom is -0.304 e. The number of nitrogens with zero attached hydrogens (tertiary/aromatic N) is 1. The fourth-order valence-electron chi connectivity index (χ4n) is 1.60. The van der Waals surface area contributed by atoms with Crippen molar-refractivity contribution in [1.29, 1.82) is 0 Å². The summed E-state index contributed by atoms with van der Waals surface area (Å²) in [7, 11) is 0. The molecule has 0 spiro atoms. The highest BCUT2D eigenvalue weighted by molar-refractivity contribution is 6.34. The Morgan fingerprint density at radius 2 is 2.21 bits per heavy atom. The molecule has 0 unspecified atom stereocenters. The van der Waals surface area contributed by atoms with Crippen molar-refractivity contribution in [2.24, 2.45) is 5.90 Å². The highest BCUT2D eigenvalue weighted by atomic mass is 35.5. The van der Waals surface area contributed by atoms with E-state index in [2.05, 4.69) is 9.82 Å². The van der Waals surface area contributed by atoms with Crippen LogP contribution in [0.1, 0.15) is 18.4 Å². The lowest BCUT2D eigenvalue weighted by atomic mass is 9.99. The van der Waals surface area contributed by atoms with Gasteiger partial charge < -0.3 is 4.84 Å². The second kappa shape index (κ2) is 3.66. The van der Waals surface area contributed by atoms with E-state index in [-0.39, 0.29) is 5.41 Å². The average Bonchev–Trinajstić information content (AvgIpc) is 2.86. The van der Waals surface area contributed by atoms with Gasteiger partial charge in [-0.15, -0.1) is 0 Å². The molecule has 0 atom stereocenters. The van der Waals surface area contributed by atoms with Crippen LogP contribution in [0.2, 0.25) is 10.2 Å². The maximum atomic E-state index is 6.07. The van der Waals surface area contributed by atoms with Crippen molar-refractivity contribution in [2.45, 2.75) is 18.3 Å². The zero-order valence-corrected chi connectivity index (χ0v) is 8.98. The summed E-state index contributed by atoms with van der Waals surface area (Å²) >= 11 is 11.8. The first-order valence-electron chi connectivity index (χ1n) is 4.31. The molecular weight excluding hydrogens is 223 g/mol. The maximum Gasteiger partial charge on any atom is 0.130 e. The third kappa shape index (κ3) is 1.73. The lowest BCUT2D eigenvalue weighted by molar-refractivity contribution is 0.116. The van der Waals surface area contributed by atoms with E-state index >= 15 is 0 Å². The summed E-state index contributed by atoms with van der Waals surface area (Å²) in [5, 5.41) is 1.04. The lowest BCUT2D eigenvalue weighted by Crippen LogP contribution is -2.18. The molecule has 76 valence electrons. The van der Waals surface area contributed by atoms with Gasteiger partial charge in [0.25, 0.3) is 0 Å². The van der Waals surface area contributed by atoms with E-state index in [1.807, 2.05) is 0 Å². The molecule has 1 saturated carbocycles. The van der Waals surface area contributed by atoms with E-state index in [1.54, 1.807) is 12.3 Å². The van der Waals surface area contributed by atoms with Crippen molar-refractivity contribution in [2.75, 3.05) is 6.61 Å². The van der Waals surface area contributed by atoms with Gasteiger partial charge in [-0.25, -0.2) is 10.9 Å². The minimum atomic E-state index is -0.0244. The van der Waals surface area contributed by atoms with Gasteiger partial charge in [0.05, 0.1) is 6.61 Å². The second-order valence-electron chi connectivity index (χ2n) is 3.58. The van der Waals surface area contributed by atoms with E-state index in [0.29, 0.717) is 16.8 Å². The van der Waals surface area contributed by atoms with E-state index in [4.69, 9.17) is 29.1 Å². The molecule has 0 amide bonds. The third-order valence-electron chi connectivity index (χ3n) is 2.60. The molecule has 2 rings (SSSR count). The monoisotopic (exact) mass is 232 g/mol. The fraction of sp³-hybridized carbons (Fsp3) is 0.444. The Labute approximate surface area is 92.1 Å². The van der Waals surface area contributed by atoms with Crippen LogP contribution in [0.4, 0.5) is 0 Å². The Hall–Kier alpha value is -0.350. The lowest BCUT2D eigenvalue weighted by Gasteiger charge is -2.14. The molecule has 3 nitrogen and oxygen atoms in total. The number of rotatable bonds is 3. The van der Waals surface area contributed by atoms with Gasteiger partial charge in [-0.2, -0.15) is 0 Å². The molecule has 1 aliphatic carbocycles. The largest absolute Gasteiger partial charge is 0.304 e. The van der Waals surface area contributed by atoms with Crippen LogP contribution < -0.4 is 5.90 Å². The quantitative estimate of drug-likeness (QED) is 0.643. The van der Waals surface area contributed by atoms with Gasteiger partial charge in [0.1, 0.15) is 5.15 Å². The predicted octanol–water partition coefficient (Wildman–Crippen LogP) is 2.31. The fourth-order valence-corrected chi connectivity index (χ4v) is 2.17. The summed E-state index contributed by atoms with van der Waals surface area (Å²) in [6.07, 6.45) is 3.77. The highest BCUT2D eigenvalue weighted by Gasteiger charge is 2.46. The molecule has 0 radical (unpaired) electrons. The Morgan fingerprint density at radius 1 is 1.50 bits per heavy atom. The first kappa shape index (κ1) is 10.2. The van der Waals surface area contributed by atoms with Gasteiger partial charge >= 0.3 is 0 Å². The number of hydrogen-bond donors (Lipinski definition) is 1. The Bertz CT molecular complexity index is 353. The molecule has 2 N–H and O–H groups in total. The zero-order valence-electron chi connectivity index (χ0n) is 7.46. The van der Waals surface area contributed by atoms with Crippen molar-refractivity contribution in [3.05, 3.63) is 28.0 Å². The molecule has 0 aromatic carbocycles. The summed E-state index contributed by atoms with van der Waals surface area (Å²) < 4.78 is 0. The van der Waals surface area contributed by atoms with Gasteiger partial charge in [-0.1, -0.05) is 23.2 Å². The smallest absolute Gasteiger partial charge is 0.130 e. The number of hydrogen-bond acceptors (Lipinski definition) is 3. The van der Waals surface area contributed by atoms with Gasteiger partial charge in [0.2, 0.25) is 0 Å². The molecule has 5 heteroatoms. The van der Waals surface area contributed by atoms with Crippen LogP contribution in [0, 0.1) is 0 Å². The van der Waals surface area contributed by atoms with Crippen LogP contribution in [0.5, 0.6) is 0 Å². The van der Waals surface area contributed by atoms with E-state index in [0.717, 1.165) is 18.4 Å². The van der Waals surface area contributed by atoms with Crippen molar-refractivity contribution in [3.63, 3.8) is 0 Å². The van der Waals surface area contributed by atoms with Crippen LogP contribution in [0.3, 0.4) is 0 Å². The number of aromatic nitrogens is 1. The van der Waals surface area contributed by atoms with E-state index in [1.165, 1.54) is 0 Å². The Kier molecular flexibility index (Phi) is 2.66. The Balaban J connectivity index is 2.32. The van der Waals surface area contributed by atoms with Crippen molar-refractivity contribution < 1.29 is 4.84 Å². The zero-order chi connectivity index (χ0) is 10.2. The SMILES string of the molecule is NOCC1(c2cnc(Cl)cc2Cl)CC1.